The molecule has 2 nitrogen and oxygen atoms in total. The first-order chi connectivity index (χ1) is 10.1. The summed E-state index contributed by atoms with van der Waals surface area (Å²) >= 11 is 12.2. The summed E-state index contributed by atoms with van der Waals surface area (Å²) < 4.78 is 0. The largest absolute Gasteiger partial charge is 0.377 e. The number of anilines is 1. The minimum Gasteiger partial charge on any atom is -0.377 e. The average molecular weight is 319 g/mol. The Hall–Kier alpha value is -1.69. The number of hydrogen-bond acceptors (Lipinski definition) is 2. The Kier molecular flexibility index (Phi) is 5.12. The lowest BCUT2D eigenvalue weighted by atomic mass is 10.0. The molecular formula is C17H16Cl2N2. The Morgan fingerprint density at radius 1 is 1.24 bits per heavy atom. The standard InChI is InChI=1S/C17H16Cl2N2/c1-3-16(13-8-7-12(18)9-15(13)19)21-17-6-4-5-11(2)14(17)10-20/h4-9,16,21H,3H2,1-2H3. The van der Waals surface area contributed by atoms with E-state index in [4.69, 9.17) is 23.2 Å². The van der Waals surface area contributed by atoms with Gasteiger partial charge in [-0.05, 0) is 42.7 Å². The Morgan fingerprint density at radius 2 is 2.00 bits per heavy atom. The molecule has 4 heteroatoms. The smallest absolute Gasteiger partial charge is 0.102 e. The third-order valence-corrected chi connectivity index (χ3v) is 4.02. The zero-order valence-corrected chi connectivity index (χ0v) is 13.5. The summed E-state index contributed by atoms with van der Waals surface area (Å²) in [6, 6.07) is 13.6. The van der Waals surface area contributed by atoms with Crippen LogP contribution in [0.25, 0.3) is 0 Å². The molecule has 0 fully saturated rings. The Labute approximate surface area is 135 Å². The van der Waals surface area contributed by atoms with E-state index in [2.05, 4.69) is 18.3 Å². The molecule has 0 aromatic heterocycles. The topological polar surface area (TPSA) is 35.8 Å². The van der Waals surface area contributed by atoms with Gasteiger partial charge in [0, 0.05) is 10.0 Å². The second-order valence-corrected chi connectivity index (χ2v) is 5.72. The monoisotopic (exact) mass is 318 g/mol. The van der Waals surface area contributed by atoms with Crippen LogP contribution in [-0.2, 0) is 0 Å². The predicted molar refractivity (Wildman–Crippen MR) is 89.0 cm³/mol. The zero-order chi connectivity index (χ0) is 15.4. The van der Waals surface area contributed by atoms with Gasteiger partial charge < -0.3 is 5.32 Å². The first-order valence-corrected chi connectivity index (χ1v) is 7.53. The third-order valence-electron chi connectivity index (χ3n) is 3.46. The molecule has 0 spiro atoms. The SMILES string of the molecule is CCC(Nc1cccc(C)c1C#N)c1ccc(Cl)cc1Cl. The Bertz CT molecular complexity index is 690. The summed E-state index contributed by atoms with van der Waals surface area (Å²) in [5, 5.41) is 14.0. The van der Waals surface area contributed by atoms with E-state index in [0.717, 1.165) is 23.2 Å². The summed E-state index contributed by atoms with van der Waals surface area (Å²) in [5.74, 6) is 0. The summed E-state index contributed by atoms with van der Waals surface area (Å²) in [6.45, 7) is 4.00. The molecule has 2 aromatic carbocycles. The van der Waals surface area contributed by atoms with Gasteiger partial charge in [0.05, 0.1) is 17.3 Å². The molecule has 108 valence electrons. The number of halogens is 2. The molecule has 2 aromatic rings. The highest BCUT2D eigenvalue weighted by molar-refractivity contribution is 6.35. The van der Waals surface area contributed by atoms with Gasteiger partial charge in [-0.1, -0.05) is 48.3 Å². The van der Waals surface area contributed by atoms with Crippen molar-refractivity contribution in [2.45, 2.75) is 26.3 Å². The van der Waals surface area contributed by atoms with E-state index in [0.29, 0.717) is 15.6 Å². The van der Waals surface area contributed by atoms with Gasteiger partial charge >= 0.3 is 0 Å². The van der Waals surface area contributed by atoms with Crippen molar-refractivity contribution in [3.8, 4) is 6.07 Å². The molecule has 0 amide bonds. The van der Waals surface area contributed by atoms with Crippen LogP contribution < -0.4 is 5.32 Å². The second kappa shape index (κ2) is 6.85. The molecule has 1 atom stereocenters. The molecule has 21 heavy (non-hydrogen) atoms. The van der Waals surface area contributed by atoms with E-state index >= 15 is 0 Å². The molecule has 0 aliphatic carbocycles. The average Bonchev–Trinajstić information content (AvgIpc) is 2.45. The molecule has 1 N–H and O–H groups in total. The highest BCUT2D eigenvalue weighted by Crippen LogP contribution is 2.31. The summed E-state index contributed by atoms with van der Waals surface area (Å²) in [5.41, 5.74) is 3.44. The molecule has 0 saturated carbocycles. The van der Waals surface area contributed by atoms with Crippen molar-refractivity contribution in [1.82, 2.24) is 0 Å². The number of nitriles is 1. The number of hydrogen-bond donors (Lipinski definition) is 1. The molecule has 2 rings (SSSR count). The summed E-state index contributed by atoms with van der Waals surface area (Å²) in [7, 11) is 0. The fourth-order valence-corrected chi connectivity index (χ4v) is 2.85. The maximum atomic E-state index is 9.31. The number of nitrogens with zero attached hydrogens (tertiary/aromatic N) is 1. The van der Waals surface area contributed by atoms with Crippen molar-refractivity contribution in [2.24, 2.45) is 0 Å². The van der Waals surface area contributed by atoms with E-state index in [-0.39, 0.29) is 6.04 Å². The number of rotatable bonds is 4. The second-order valence-electron chi connectivity index (χ2n) is 4.88. The lowest BCUT2D eigenvalue weighted by Gasteiger charge is -2.21. The lowest BCUT2D eigenvalue weighted by Crippen LogP contribution is -2.11. The van der Waals surface area contributed by atoms with Crippen LogP contribution in [0.5, 0.6) is 0 Å². The number of nitrogens with one attached hydrogen (secondary N) is 1. The number of benzene rings is 2. The van der Waals surface area contributed by atoms with Crippen LogP contribution in [0.1, 0.15) is 36.1 Å². The van der Waals surface area contributed by atoms with E-state index in [1.54, 1.807) is 6.07 Å². The molecule has 0 bridgehead atoms. The summed E-state index contributed by atoms with van der Waals surface area (Å²) in [4.78, 5) is 0. The van der Waals surface area contributed by atoms with Crippen molar-refractivity contribution in [2.75, 3.05) is 5.32 Å². The van der Waals surface area contributed by atoms with Crippen LogP contribution in [0.4, 0.5) is 5.69 Å². The molecular weight excluding hydrogens is 303 g/mol. The maximum Gasteiger partial charge on any atom is 0.102 e. The van der Waals surface area contributed by atoms with Crippen molar-refractivity contribution >= 4 is 28.9 Å². The molecule has 0 radical (unpaired) electrons. The normalized spacial score (nSPS) is 11.8. The minimum atomic E-state index is 0.0312. The van der Waals surface area contributed by atoms with Gasteiger partial charge in [-0.25, -0.2) is 0 Å². The van der Waals surface area contributed by atoms with E-state index in [1.807, 2.05) is 37.3 Å². The van der Waals surface area contributed by atoms with Crippen molar-refractivity contribution in [1.29, 1.82) is 5.26 Å². The van der Waals surface area contributed by atoms with E-state index in [1.165, 1.54) is 0 Å². The quantitative estimate of drug-likeness (QED) is 0.780. The Balaban J connectivity index is 2.36. The minimum absolute atomic E-state index is 0.0312. The highest BCUT2D eigenvalue weighted by atomic mass is 35.5. The first kappa shape index (κ1) is 15.7. The van der Waals surface area contributed by atoms with E-state index in [9.17, 15) is 5.26 Å². The van der Waals surface area contributed by atoms with Gasteiger partial charge in [0.25, 0.3) is 0 Å². The zero-order valence-electron chi connectivity index (χ0n) is 12.0. The Morgan fingerprint density at radius 3 is 2.62 bits per heavy atom. The molecule has 0 saturated heterocycles. The third kappa shape index (κ3) is 3.50. The molecule has 0 aliphatic rings. The molecule has 1 unspecified atom stereocenters. The van der Waals surface area contributed by atoms with Crippen LogP contribution in [0.2, 0.25) is 10.0 Å². The lowest BCUT2D eigenvalue weighted by molar-refractivity contribution is 0.749. The summed E-state index contributed by atoms with van der Waals surface area (Å²) in [6.07, 6.45) is 0.847. The van der Waals surface area contributed by atoms with Gasteiger partial charge in [0.1, 0.15) is 6.07 Å². The molecule has 0 heterocycles. The van der Waals surface area contributed by atoms with E-state index < -0.39 is 0 Å². The fourth-order valence-electron chi connectivity index (χ4n) is 2.31. The fraction of sp³-hybridized carbons (Fsp3) is 0.235. The van der Waals surface area contributed by atoms with Gasteiger partial charge in [-0.3, -0.25) is 0 Å². The van der Waals surface area contributed by atoms with Gasteiger partial charge in [-0.2, -0.15) is 5.26 Å². The predicted octanol–water partition coefficient (Wildman–Crippen LogP) is 5.74. The van der Waals surface area contributed by atoms with Gasteiger partial charge in [-0.15, -0.1) is 0 Å². The highest BCUT2D eigenvalue weighted by Gasteiger charge is 2.15. The van der Waals surface area contributed by atoms with Gasteiger partial charge in [0.15, 0.2) is 0 Å². The van der Waals surface area contributed by atoms with Crippen LogP contribution in [0, 0.1) is 18.3 Å². The van der Waals surface area contributed by atoms with Crippen LogP contribution >= 0.6 is 23.2 Å². The van der Waals surface area contributed by atoms with Gasteiger partial charge in [0.2, 0.25) is 0 Å². The number of aryl methyl sites for hydroxylation is 1. The molecule has 0 aliphatic heterocycles. The first-order valence-electron chi connectivity index (χ1n) is 6.78. The van der Waals surface area contributed by atoms with Crippen molar-refractivity contribution in [3.05, 3.63) is 63.1 Å². The van der Waals surface area contributed by atoms with Crippen LogP contribution in [0.15, 0.2) is 36.4 Å². The van der Waals surface area contributed by atoms with Crippen LogP contribution in [0.3, 0.4) is 0 Å². The maximum absolute atomic E-state index is 9.31. The van der Waals surface area contributed by atoms with Crippen molar-refractivity contribution in [3.63, 3.8) is 0 Å². The van der Waals surface area contributed by atoms with Crippen LogP contribution in [-0.4, -0.2) is 0 Å². The van der Waals surface area contributed by atoms with Crippen molar-refractivity contribution < 1.29 is 0 Å².